The molecule has 2 aromatic carbocycles. The summed E-state index contributed by atoms with van der Waals surface area (Å²) < 4.78 is 38.2. The van der Waals surface area contributed by atoms with Crippen molar-refractivity contribution in [2.45, 2.75) is 11.8 Å². The average Bonchev–Trinajstić information content (AvgIpc) is 2.91. The smallest absolute Gasteiger partial charge is 0.238 e. The van der Waals surface area contributed by atoms with Gasteiger partial charge in [-0.15, -0.1) is 0 Å². The summed E-state index contributed by atoms with van der Waals surface area (Å²) in [6.45, 7) is 1.70. The van der Waals surface area contributed by atoms with Gasteiger partial charge in [0, 0.05) is 24.4 Å². The Bertz CT molecular complexity index is 1010. The largest absolute Gasteiger partial charge is 0.275 e. The van der Waals surface area contributed by atoms with Gasteiger partial charge in [0.25, 0.3) is 0 Å². The molecule has 0 saturated carbocycles. The van der Waals surface area contributed by atoms with Gasteiger partial charge in [-0.2, -0.15) is 5.10 Å². The van der Waals surface area contributed by atoms with Crippen molar-refractivity contribution in [1.82, 2.24) is 9.78 Å². The Hall–Kier alpha value is -2.51. The van der Waals surface area contributed by atoms with Gasteiger partial charge in [-0.1, -0.05) is 24.3 Å². The number of primary sulfonamides is 1. The van der Waals surface area contributed by atoms with Gasteiger partial charge in [0.1, 0.15) is 11.5 Å². The van der Waals surface area contributed by atoms with Gasteiger partial charge >= 0.3 is 0 Å². The Kier molecular flexibility index (Phi) is 3.98. The highest BCUT2D eigenvalue weighted by molar-refractivity contribution is 7.89. The number of hydrogen-bond donors (Lipinski definition) is 1. The molecule has 24 heavy (non-hydrogen) atoms. The molecule has 0 radical (unpaired) electrons. The number of nitrogens with zero attached hydrogens (tertiary/aromatic N) is 2. The molecule has 0 amide bonds. The van der Waals surface area contributed by atoms with Crippen LogP contribution in [0, 0.1) is 12.7 Å². The summed E-state index contributed by atoms with van der Waals surface area (Å²) in [7, 11) is -1.97. The number of benzene rings is 2. The highest BCUT2D eigenvalue weighted by Gasteiger charge is 2.15. The number of aryl methyl sites for hydroxylation is 2. The van der Waals surface area contributed by atoms with Gasteiger partial charge in [0.05, 0.1) is 4.90 Å². The zero-order chi connectivity index (χ0) is 17.5. The van der Waals surface area contributed by atoms with Crippen LogP contribution < -0.4 is 5.14 Å². The van der Waals surface area contributed by atoms with Crippen molar-refractivity contribution in [2.75, 3.05) is 0 Å². The lowest BCUT2D eigenvalue weighted by Gasteiger charge is -2.05. The normalized spacial score (nSPS) is 11.7. The van der Waals surface area contributed by atoms with E-state index in [0.717, 1.165) is 11.1 Å². The minimum atomic E-state index is -3.74. The highest BCUT2D eigenvalue weighted by Crippen LogP contribution is 2.32. The molecule has 0 fully saturated rings. The van der Waals surface area contributed by atoms with E-state index in [9.17, 15) is 12.8 Å². The van der Waals surface area contributed by atoms with Gasteiger partial charge in [-0.25, -0.2) is 17.9 Å². The summed E-state index contributed by atoms with van der Waals surface area (Å²) in [5.74, 6) is -0.285. The lowest BCUT2D eigenvalue weighted by molar-refractivity contribution is 0.598. The van der Waals surface area contributed by atoms with E-state index in [0.29, 0.717) is 16.8 Å². The topological polar surface area (TPSA) is 78.0 Å². The second-order valence-corrected chi connectivity index (χ2v) is 7.16. The number of nitrogens with two attached hydrogens (primary N) is 1. The fourth-order valence-electron chi connectivity index (χ4n) is 2.48. The summed E-state index contributed by atoms with van der Waals surface area (Å²) in [6.07, 6.45) is 1.80. The van der Waals surface area contributed by atoms with E-state index in [1.807, 2.05) is 6.07 Å². The minimum absolute atomic E-state index is 0.0325. The molecule has 7 heteroatoms. The quantitative estimate of drug-likeness (QED) is 0.793. The number of hydrogen-bond acceptors (Lipinski definition) is 3. The molecule has 0 aliphatic rings. The van der Waals surface area contributed by atoms with Gasteiger partial charge in [-0.05, 0) is 36.2 Å². The molecule has 0 aliphatic carbocycles. The molecular formula is C17H16FN3O2S. The van der Waals surface area contributed by atoms with E-state index in [-0.39, 0.29) is 10.7 Å². The van der Waals surface area contributed by atoms with E-state index < -0.39 is 10.0 Å². The molecule has 1 heterocycles. The Morgan fingerprint density at radius 1 is 1.08 bits per heavy atom. The molecule has 0 aliphatic heterocycles. The van der Waals surface area contributed by atoms with E-state index in [1.165, 1.54) is 18.2 Å². The molecule has 2 N–H and O–H groups in total. The molecule has 3 rings (SSSR count). The molecule has 0 atom stereocenters. The van der Waals surface area contributed by atoms with Crippen LogP contribution in [0.1, 0.15) is 5.56 Å². The predicted octanol–water partition coefficient (Wildman–Crippen LogP) is 2.85. The van der Waals surface area contributed by atoms with Crippen LogP contribution in [0.5, 0.6) is 0 Å². The standard InChI is InChI=1S/C17H16FN3O2S/c1-11-3-4-13(9-16(11)18)15-10-21(2)20-17(15)12-5-7-14(8-6-12)24(19,22)23/h3-10H,1-2H3,(H2,19,22,23). The summed E-state index contributed by atoms with van der Waals surface area (Å²) >= 11 is 0. The predicted molar refractivity (Wildman–Crippen MR) is 90.1 cm³/mol. The monoisotopic (exact) mass is 345 g/mol. The van der Waals surface area contributed by atoms with Crippen LogP contribution in [-0.4, -0.2) is 18.2 Å². The lowest BCUT2D eigenvalue weighted by Crippen LogP contribution is -2.11. The first-order valence-electron chi connectivity index (χ1n) is 7.19. The van der Waals surface area contributed by atoms with Crippen LogP contribution in [0.2, 0.25) is 0 Å². The molecular weight excluding hydrogens is 329 g/mol. The lowest BCUT2D eigenvalue weighted by atomic mass is 10.0. The fraction of sp³-hybridized carbons (Fsp3) is 0.118. The first-order chi connectivity index (χ1) is 11.3. The van der Waals surface area contributed by atoms with E-state index in [4.69, 9.17) is 5.14 Å². The average molecular weight is 345 g/mol. The van der Waals surface area contributed by atoms with Gasteiger partial charge in [0.15, 0.2) is 0 Å². The third-order valence-corrected chi connectivity index (χ3v) is 4.70. The Morgan fingerprint density at radius 2 is 1.71 bits per heavy atom. The third-order valence-electron chi connectivity index (χ3n) is 3.77. The molecule has 1 aromatic heterocycles. The van der Waals surface area contributed by atoms with Crippen molar-refractivity contribution >= 4 is 10.0 Å². The minimum Gasteiger partial charge on any atom is -0.275 e. The maximum Gasteiger partial charge on any atom is 0.238 e. The van der Waals surface area contributed by atoms with Crippen LogP contribution in [0.15, 0.2) is 53.6 Å². The van der Waals surface area contributed by atoms with E-state index in [1.54, 1.807) is 43.0 Å². The zero-order valence-electron chi connectivity index (χ0n) is 13.2. The molecule has 3 aromatic rings. The highest BCUT2D eigenvalue weighted by atomic mass is 32.2. The summed E-state index contributed by atoms with van der Waals surface area (Å²) in [5.41, 5.74) is 3.40. The molecule has 0 saturated heterocycles. The first kappa shape index (κ1) is 16.4. The molecule has 0 spiro atoms. The van der Waals surface area contributed by atoms with Gasteiger partial charge in [-0.3, -0.25) is 4.68 Å². The second kappa shape index (κ2) is 5.85. The third kappa shape index (κ3) is 3.08. The first-order valence-corrected chi connectivity index (χ1v) is 8.74. The van der Waals surface area contributed by atoms with Gasteiger partial charge in [0.2, 0.25) is 10.0 Å². The maximum absolute atomic E-state index is 13.9. The maximum atomic E-state index is 13.9. The number of sulfonamides is 1. The number of halogens is 1. The second-order valence-electron chi connectivity index (χ2n) is 5.60. The number of aromatic nitrogens is 2. The SMILES string of the molecule is Cc1ccc(-c2cn(C)nc2-c2ccc(S(N)(=O)=O)cc2)cc1F. The summed E-state index contributed by atoms with van der Waals surface area (Å²) in [4.78, 5) is 0.0325. The summed E-state index contributed by atoms with van der Waals surface area (Å²) in [6, 6.07) is 11.1. The molecule has 0 unspecified atom stereocenters. The molecule has 0 bridgehead atoms. The Labute approximate surface area is 139 Å². The van der Waals surface area contributed by atoms with Gasteiger partial charge < -0.3 is 0 Å². The van der Waals surface area contributed by atoms with Crippen LogP contribution >= 0.6 is 0 Å². The van der Waals surface area contributed by atoms with Crippen molar-refractivity contribution in [3.05, 3.63) is 60.0 Å². The van der Waals surface area contributed by atoms with Crippen LogP contribution in [0.3, 0.4) is 0 Å². The number of rotatable bonds is 3. The zero-order valence-corrected chi connectivity index (χ0v) is 14.0. The van der Waals surface area contributed by atoms with Crippen LogP contribution in [0.4, 0.5) is 4.39 Å². The summed E-state index contributed by atoms with van der Waals surface area (Å²) in [5, 5.41) is 9.53. The Balaban J connectivity index is 2.11. The molecule has 5 nitrogen and oxygen atoms in total. The van der Waals surface area contributed by atoms with E-state index in [2.05, 4.69) is 5.10 Å². The van der Waals surface area contributed by atoms with Crippen molar-refractivity contribution in [3.63, 3.8) is 0 Å². The van der Waals surface area contributed by atoms with Crippen molar-refractivity contribution in [1.29, 1.82) is 0 Å². The van der Waals surface area contributed by atoms with E-state index >= 15 is 0 Å². The molecule has 124 valence electrons. The Morgan fingerprint density at radius 3 is 2.29 bits per heavy atom. The van der Waals surface area contributed by atoms with Crippen molar-refractivity contribution in [3.8, 4) is 22.4 Å². The fourth-order valence-corrected chi connectivity index (χ4v) is 2.99. The van der Waals surface area contributed by atoms with Crippen LogP contribution in [0.25, 0.3) is 22.4 Å². The van der Waals surface area contributed by atoms with Crippen LogP contribution in [-0.2, 0) is 17.1 Å². The van der Waals surface area contributed by atoms with Crippen molar-refractivity contribution < 1.29 is 12.8 Å². The van der Waals surface area contributed by atoms with Crippen molar-refractivity contribution in [2.24, 2.45) is 12.2 Å².